The Morgan fingerprint density at radius 2 is 1.90 bits per heavy atom. The molecule has 2 aromatic rings. The van der Waals surface area contributed by atoms with E-state index in [-0.39, 0.29) is 17.4 Å². The largest absolute Gasteiger partial charge is 0.362 e. The Morgan fingerprint density at radius 3 is 2.55 bits per heavy atom. The van der Waals surface area contributed by atoms with E-state index in [1.807, 2.05) is 13.0 Å². The molecule has 0 fully saturated rings. The van der Waals surface area contributed by atoms with Gasteiger partial charge < -0.3 is 10.6 Å². The number of ketones is 1. The molecule has 8 heteroatoms. The summed E-state index contributed by atoms with van der Waals surface area (Å²) in [6.45, 7) is 3.71. The minimum Gasteiger partial charge on any atom is -0.362 e. The summed E-state index contributed by atoms with van der Waals surface area (Å²) >= 11 is 0. The Hall–Kier alpha value is -3.81. The number of nitrogens with one attached hydrogen (secondary N) is 2. The van der Waals surface area contributed by atoms with E-state index in [1.165, 1.54) is 12.1 Å². The number of hydrogen-bond acceptors (Lipinski definition) is 6. The molecule has 4 rings (SSSR count). The second-order valence-corrected chi connectivity index (χ2v) is 7.79. The van der Waals surface area contributed by atoms with Crippen molar-refractivity contribution < 1.29 is 14.5 Å². The third kappa shape index (κ3) is 3.96. The second-order valence-electron chi connectivity index (χ2n) is 7.79. The number of rotatable bonds is 4. The predicted molar refractivity (Wildman–Crippen MR) is 115 cm³/mol. The number of pyridine rings is 1. The molecule has 0 saturated carbocycles. The van der Waals surface area contributed by atoms with E-state index in [0.29, 0.717) is 34.6 Å². The van der Waals surface area contributed by atoms with Gasteiger partial charge in [0.25, 0.3) is 11.6 Å². The van der Waals surface area contributed by atoms with Crippen LogP contribution in [0.15, 0.2) is 65.1 Å². The Balaban J connectivity index is 1.77. The Labute approximate surface area is 179 Å². The van der Waals surface area contributed by atoms with Crippen molar-refractivity contribution in [3.8, 4) is 0 Å². The molecule has 31 heavy (non-hydrogen) atoms. The highest BCUT2D eigenvalue weighted by Crippen LogP contribution is 2.42. The van der Waals surface area contributed by atoms with Gasteiger partial charge in [-0.1, -0.05) is 18.2 Å². The molecule has 2 heterocycles. The number of carbonyl (C=O) groups is 2. The fraction of sp³-hybridized carbons (Fsp3) is 0.261. The lowest BCUT2D eigenvalue weighted by Gasteiger charge is -2.34. The third-order valence-corrected chi connectivity index (χ3v) is 5.61. The molecule has 1 amide bonds. The molecular weight excluding hydrogens is 396 g/mol. The molecule has 158 valence electrons. The molecule has 0 unspecified atom stereocenters. The van der Waals surface area contributed by atoms with Gasteiger partial charge in [0.2, 0.25) is 0 Å². The molecule has 1 aliphatic carbocycles. The van der Waals surface area contributed by atoms with E-state index < -0.39 is 10.8 Å². The molecule has 8 nitrogen and oxygen atoms in total. The zero-order chi connectivity index (χ0) is 22.1. The summed E-state index contributed by atoms with van der Waals surface area (Å²) in [5, 5.41) is 17.1. The molecular formula is C23H22N4O4. The van der Waals surface area contributed by atoms with Crippen LogP contribution in [0.5, 0.6) is 0 Å². The molecule has 2 N–H and O–H groups in total. The number of allylic oxidation sites excluding steroid dienone is 3. The van der Waals surface area contributed by atoms with Gasteiger partial charge in [0.15, 0.2) is 5.78 Å². The average molecular weight is 418 g/mol. The quantitative estimate of drug-likeness (QED) is 0.575. The molecule has 1 aromatic carbocycles. The lowest BCUT2D eigenvalue weighted by Crippen LogP contribution is -2.35. The molecule has 0 radical (unpaired) electrons. The van der Waals surface area contributed by atoms with Crippen LogP contribution >= 0.6 is 0 Å². The maximum absolute atomic E-state index is 13.3. The minimum atomic E-state index is -0.602. The number of Topliss-reactive ketones (excluding diaryl/α,β-unsaturated/α-hetero) is 1. The van der Waals surface area contributed by atoms with Crippen molar-refractivity contribution in [2.45, 2.75) is 39.0 Å². The van der Waals surface area contributed by atoms with Gasteiger partial charge in [0, 0.05) is 53.2 Å². The van der Waals surface area contributed by atoms with Gasteiger partial charge in [-0.25, -0.2) is 4.98 Å². The smallest absolute Gasteiger partial charge is 0.269 e. The predicted octanol–water partition coefficient (Wildman–Crippen LogP) is 3.90. The van der Waals surface area contributed by atoms with Crippen molar-refractivity contribution in [3.63, 3.8) is 0 Å². The van der Waals surface area contributed by atoms with Crippen LogP contribution in [0.3, 0.4) is 0 Å². The molecule has 1 aromatic heterocycles. The number of carbonyl (C=O) groups excluding carboxylic acids is 2. The number of aryl methyl sites for hydroxylation is 1. The first-order valence-corrected chi connectivity index (χ1v) is 10.1. The first-order chi connectivity index (χ1) is 14.8. The van der Waals surface area contributed by atoms with E-state index in [2.05, 4.69) is 15.6 Å². The molecule has 0 saturated heterocycles. The van der Waals surface area contributed by atoms with Crippen molar-refractivity contribution in [2.24, 2.45) is 0 Å². The van der Waals surface area contributed by atoms with Gasteiger partial charge in [-0.2, -0.15) is 0 Å². The minimum absolute atomic E-state index is 0.0108. The van der Waals surface area contributed by atoms with Crippen molar-refractivity contribution in [3.05, 3.63) is 86.4 Å². The highest BCUT2D eigenvalue weighted by molar-refractivity contribution is 6.09. The fourth-order valence-electron chi connectivity index (χ4n) is 4.13. The van der Waals surface area contributed by atoms with Gasteiger partial charge in [-0.3, -0.25) is 19.7 Å². The summed E-state index contributed by atoms with van der Waals surface area (Å²) < 4.78 is 0. The van der Waals surface area contributed by atoms with Crippen LogP contribution in [-0.2, 0) is 9.59 Å². The van der Waals surface area contributed by atoms with E-state index in [0.717, 1.165) is 24.1 Å². The van der Waals surface area contributed by atoms with Crippen molar-refractivity contribution in [2.75, 3.05) is 5.32 Å². The van der Waals surface area contributed by atoms with Gasteiger partial charge >= 0.3 is 0 Å². The number of anilines is 1. The fourth-order valence-corrected chi connectivity index (χ4v) is 4.13. The maximum atomic E-state index is 13.3. The number of benzene rings is 1. The standard InChI is InChI=1S/C23H22N4O4/c1-13-6-11-19(24-12-13)26-23(29)20-14(2)25-17-4-3-5-18(28)22(17)21(20)15-7-9-16(10-8-15)27(30)31/h6-12,21,25H,3-5H2,1-2H3,(H,24,26,29)/t21-/m0/s1. The van der Waals surface area contributed by atoms with Crippen molar-refractivity contribution >= 4 is 23.2 Å². The third-order valence-electron chi connectivity index (χ3n) is 5.61. The summed E-state index contributed by atoms with van der Waals surface area (Å²) in [6.07, 6.45) is 3.54. The van der Waals surface area contributed by atoms with E-state index in [9.17, 15) is 19.7 Å². The van der Waals surface area contributed by atoms with Gasteiger partial charge in [0.05, 0.1) is 4.92 Å². The maximum Gasteiger partial charge on any atom is 0.269 e. The number of nitrogens with zero attached hydrogens (tertiary/aromatic N) is 2. The summed E-state index contributed by atoms with van der Waals surface area (Å²) in [7, 11) is 0. The summed E-state index contributed by atoms with van der Waals surface area (Å²) in [6, 6.07) is 9.60. The van der Waals surface area contributed by atoms with Crippen molar-refractivity contribution in [1.82, 2.24) is 10.3 Å². The molecule has 1 atom stereocenters. The number of nitro benzene ring substituents is 1. The molecule has 0 bridgehead atoms. The SMILES string of the molecule is CC1=C(C(=O)Nc2ccc(C)cn2)[C@H](c2ccc([N+](=O)[O-])cc2)C2=C(CCCC2=O)N1. The van der Waals surface area contributed by atoms with Crippen molar-refractivity contribution in [1.29, 1.82) is 0 Å². The zero-order valence-corrected chi connectivity index (χ0v) is 17.3. The molecule has 2 aliphatic rings. The van der Waals surface area contributed by atoms with Crippen LogP contribution in [0.1, 0.15) is 43.2 Å². The van der Waals surface area contributed by atoms with Gasteiger partial charge in [0.1, 0.15) is 5.82 Å². The topological polar surface area (TPSA) is 114 Å². The lowest BCUT2D eigenvalue weighted by molar-refractivity contribution is -0.384. The number of non-ortho nitro benzene ring substituents is 1. The van der Waals surface area contributed by atoms with Crippen LogP contribution in [0, 0.1) is 17.0 Å². The number of dihydropyridines is 1. The van der Waals surface area contributed by atoms with Gasteiger partial charge in [-0.05, 0) is 43.9 Å². The first kappa shape index (κ1) is 20.5. The normalized spacial score (nSPS) is 18.4. The van der Waals surface area contributed by atoms with E-state index >= 15 is 0 Å². The molecule has 0 spiro atoms. The van der Waals surface area contributed by atoms with Crippen LogP contribution in [0.2, 0.25) is 0 Å². The Kier molecular flexibility index (Phi) is 5.37. The van der Waals surface area contributed by atoms with E-state index in [4.69, 9.17) is 0 Å². The van der Waals surface area contributed by atoms with Crippen LogP contribution in [0.25, 0.3) is 0 Å². The Morgan fingerprint density at radius 1 is 1.16 bits per heavy atom. The highest BCUT2D eigenvalue weighted by Gasteiger charge is 2.38. The van der Waals surface area contributed by atoms with Crippen LogP contribution in [0.4, 0.5) is 11.5 Å². The highest BCUT2D eigenvalue weighted by atomic mass is 16.6. The average Bonchev–Trinajstić information content (AvgIpc) is 2.74. The summed E-state index contributed by atoms with van der Waals surface area (Å²) in [4.78, 5) is 41.0. The Bertz CT molecular complexity index is 1130. The van der Waals surface area contributed by atoms with E-state index in [1.54, 1.807) is 31.3 Å². The lowest BCUT2D eigenvalue weighted by atomic mass is 9.75. The summed E-state index contributed by atoms with van der Waals surface area (Å²) in [5.41, 5.74) is 4.04. The molecule has 1 aliphatic heterocycles. The number of aromatic nitrogens is 1. The number of amides is 1. The number of nitro groups is 1. The van der Waals surface area contributed by atoms with Gasteiger partial charge in [-0.15, -0.1) is 0 Å². The summed E-state index contributed by atoms with van der Waals surface area (Å²) in [5.74, 6) is -0.568. The first-order valence-electron chi connectivity index (χ1n) is 10.1. The second kappa shape index (κ2) is 8.14. The number of hydrogen-bond donors (Lipinski definition) is 2. The zero-order valence-electron chi connectivity index (χ0n) is 17.3. The van der Waals surface area contributed by atoms with Crippen LogP contribution in [-0.4, -0.2) is 21.6 Å². The van der Waals surface area contributed by atoms with Crippen LogP contribution < -0.4 is 10.6 Å². The monoisotopic (exact) mass is 418 g/mol.